The van der Waals surface area contributed by atoms with E-state index in [2.05, 4.69) is 20.4 Å². The molecule has 0 atom stereocenters. The molecule has 0 aliphatic carbocycles. The maximum atomic E-state index is 12.2. The fourth-order valence-corrected chi connectivity index (χ4v) is 4.05. The maximum absolute atomic E-state index is 12.2. The molecule has 0 bridgehead atoms. The number of carbonyl (C=O) groups excluding carboxylic acids is 1. The molecule has 1 N–H and O–H groups in total. The Morgan fingerprint density at radius 2 is 1.86 bits per heavy atom. The van der Waals surface area contributed by atoms with Crippen LogP contribution >= 0.6 is 11.3 Å². The van der Waals surface area contributed by atoms with E-state index in [1.165, 1.54) is 25.7 Å². The molecule has 29 heavy (non-hydrogen) atoms. The molecule has 1 aromatic carbocycles. The van der Waals surface area contributed by atoms with Gasteiger partial charge >= 0.3 is 0 Å². The quantitative estimate of drug-likeness (QED) is 0.591. The molecule has 3 aromatic rings. The van der Waals surface area contributed by atoms with Gasteiger partial charge in [0.05, 0.1) is 5.69 Å². The lowest BCUT2D eigenvalue weighted by Crippen LogP contribution is -2.25. The molecule has 0 spiro atoms. The largest absolute Gasteiger partial charge is 0.355 e. The van der Waals surface area contributed by atoms with Crippen LogP contribution in [0.25, 0.3) is 17.3 Å². The highest BCUT2D eigenvalue weighted by Gasteiger charge is 2.12. The second kappa shape index (κ2) is 9.47. The summed E-state index contributed by atoms with van der Waals surface area (Å²) in [4.78, 5) is 15.5. The first-order valence-electron chi connectivity index (χ1n) is 10.00. The number of hydrogen-bond acceptors (Lipinski definition) is 5. The zero-order chi connectivity index (χ0) is 19.9. The van der Waals surface area contributed by atoms with E-state index in [9.17, 15) is 4.79 Å². The van der Waals surface area contributed by atoms with E-state index in [1.54, 1.807) is 17.4 Å². The Kier molecular flexibility index (Phi) is 6.32. The van der Waals surface area contributed by atoms with E-state index in [0.717, 1.165) is 40.7 Å². The number of thiophene rings is 1. The molecule has 6 heteroatoms. The van der Waals surface area contributed by atoms with Gasteiger partial charge in [0.15, 0.2) is 5.82 Å². The summed E-state index contributed by atoms with van der Waals surface area (Å²) in [5, 5.41) is 13.8. The van der Waals surface area contributed by atoms with Crippen molar-refractivity contribution in [2.75, 3.05) is 23.3 Å². The second-order valence-electron chi connectivity index (χ2n) is 7.10. The zero-order valence-electron chi connectivity index (χ0n) is 16.3. The minimum atomic E-state index is -0.154. The van der Waals surface area contributed by atoms with Gasteiger partial charge in [-0.1, -0.05) is 31.0 Å². The van der Waals surface area contributed by atoms with Crippen LogP contribution in [-0.2, 0) is 4.79 Å². The summed E-state index contributed by atoms with van der Waals surface area (Å²) < 4.78 is 0. The highest BCUT2D eigenvalue weighted by atomic mass is 32.1. The maximum Gasteiger partial charge on any atom is 0.248 e. The van der Waals surface area contributed by atoms with Crippen molar-refractivity contribution in [1.82, 2.24) is 10.2 Å². The lowest BCUT2D eigenvalue weighted by molar-refractivity contribution is -0.111. The molecule has 0 saturated carbocycles. The smallest absolute Gasteiger partial charge is 0.248 e. The van der Waals surface area contributed by atoms with Crippen LogP contribution in [0.4, 0.5) is 11.5 Å². The molecule has 148 valence electrons. The number of carbonyl (C=O) groups is 1. The summed E-state index contributed by atoms with van der Waals surface area (Å²) in [6, 6.07) is 15.7. The first kappa shape index (κ1) is 19.3. The van der Waals surface area contributed by atoms with Crippen LogP contribution in [0, 0.1) is 0 Å². The van der Waals surface area contributed by atoms with E-state index in [1.807, 2.05) is 60.0 Å². The monoisotopic (exact) mass is 404 g/mol. The van der Waals surface area contributed by atoms with Crippen LogP contribution in [-0.4, -0.2) is 29.2 Å². The van der Waals surface area contributed by atoms with Crippen molar-refractivity contribution < 1.29 is 4.79 Å². The van der Waals surface area contributed by atoms with Crippen LogP contribution in [0.2, 0.25) is 0 Å². The van der Waals surface area contributed by atoms with Gasteiger partial charge in [0.25, 0.3) is 0 Å². The van der Waals surface area contributed by atoms with Crippen LogP contribution in [0.15, 0.2) is 60.0 Å². The number of rotatable bonds is 5. The predicted molar refractivity (Wildman–Crippen MR) is 120 cm³/mol. The van der Waals surface area contributed by atoms with Crippen LogP contribution in [0.3, 0.4) is 0 Å². The van der Waals surface area contributed by atoms with Gasteiger partial charge in [-0.3, -0.25) is 4.79 Å². The Bertz CT molecular complexity index is 959. The second-order valence-corrected chi connectivity index (χ2v) is 8.08. The van der Waals surface area contributed by atoms with Gasteiger partial charge in [0.2, 0.25) is 5.91 Å². The van der Waals surface area contributed by atoms with E-state index in [4.69, 9.17) is 0 Å². The van der Waals surface area contributed by atoms with Crippen LogP contribution in [0.1, 0.15) is 30.6 Å². The van der Waals surface area contributed by atoms with Crippen molar-refractivity contribution in [3.8, 4) is 11.3 Å². The van der Waals surface area contributed by atoms with Gasteiger partial charge in [0, 0.05) is 35.3 Å². The zero-order valence-corrected chi connectivity index (χ0v) is 17.1. The molecule has 2 aromatic heterocycles. The minimum Gasteiger partial charge on any atom is -0.355 e. The summed E-state index contributed by atoms with van der Waals surface area (Å²) in [7, 11) is 0. The lowest BCUT2D eigenvalue weighted by atomic mass is 10.1. The molecule has 1 amide bonds. The number of aromatic nitrogens is 2. The van der Waals surface area contributed by atoms with Crippen molar-refractivity contribution in [2.45, 2.75) is 25.7 Å². The number of anilines is 2. The predicted octanol–water partition coefficient (Wildman–Crippen LogP) is 5.24. The molecule has 1 saturated heterocycles. The Morgan fingerprint density at radius 3 is 2.59 bits per heavy atom. The van der Waals surface area contributed by atoms with Crippen molar-refractivity contribution in [3.05, 3.63) is 64.9 Å². The molecule has 1 fully saturated rings. The summed E-state index contributed by atoms with van der Waals surface area (Å²) in [6.45, 7) is 2.10. The molecular formula is C23H24N4OS. The molecule has 3 heterocycles. The van der Waals surface area contributed by atoms with Gasteiger partial charge in [0.1, 0.15) is 0 Å². The fraction of sp³-hybridized carbons (Fsp3) is 0.261. The summed E-state index contributed by atoms with van der Waals surface area (Å²) in [6.07, 6.45) is 8.38. The molecule has 1 aliphatic heterocycles. The van der Waals surface area contributed by atoms with E-state index >= 15 is 0 Å². The van der Waals surface area contributed by atoms with Gasteiger partial charge in [-0.15, -0.1) is 21.5 Å². The first-order chi connectivity index (χ1) is 14.3. The van der Waals surface area contributed by atoms with Crippen molar-refractivity contribution >= 4 is 34.8 Å². The third kappa shape index (κ3) is 5.29. The summed E-state index contributed by atoms with van der Waals surface area (Å²) in [5.41, 5.74) is 2.47. The van der Waals surface area contributed by atoms with Crippen LogP contribution in [0.5, 0.6) is 0 Å². The standard InChI is InChI=1S/C23H24N4OS/c28-23(13-10-20-9-6-16-29-20)24-19-8-5-7-18(17-19)21-11-12-22(26-25-21)27-14-3-1-2-4-15-27/h5-13,16-17H,1-4,14-15H2,(H,24,28)/b13-10+. The third-order valence-electron chi connectivity index (χ3n) is 4.95. The Balaban J connectivity index is 1.43. The first-order valence-corrected chi connectivity index (χ1v) is 10.9. The fourth-order valence-electron chi connectivity index (χ4n) is 3.43. The summed E-state index contributed by atoms with van der Waals surface area (Å²) >= 11 is 1.60. The molecule has 0 unspecified atom stereocenters. The third-order valence-corrected chi connectivity index (χ3v) is 5.79. The minimum absolute atomic E-state index is 0.154. The van der Waals surface area contributed by atoms with E-state index in [0.29, 0.717) is 0 Å². The number of nitrogens with zero attached hydrogens (tertiary/aromatic N) is 3. The summed E-state index contributed by atoms with van der Waals surface area (Å²) in [5.74, 6) is 0.789. The molecule has 0 radical (unpaired) electrons. The number of nitrogens with one attached hydrogen (secondary N) is 1. The average molecular weight is 405 g/mol. The lowest BCUT2D eigenvalue weighted by Gasteiger charge is -2.20. The molecule has 5 nitrogen and oxygen atoms in total. The van der Waals surface area contributed by atoms with Gasteiger partial charge in [-0.05, 0) is 54.6 Å². The Morgan fingerprint density at radius 1 is 1.00 bits per heavy atom. The van der Waals surface area contributed by atoms with Crippen molar-refractivity contribution in [2.24, 2.45) is 0 Å². The van der Waals surface area contributed by atoms with E-state index < -0.39 is 0 Å². The molecule has 4 rings (SSSR count). The van der Waals surface area contributed by atoms with Gasteiger partial charge < -0.3 is 10.2 Å². The van der Waals surface area contributed by atoms with Crippen molar-refractivity contribution in [3.63, 3.8) is 0 Å². The Labute approximate surface area is 175 Å². The number of amides is 1. The number of benzene rings is 1. The molecule has 1 aliphatic rings. The molecular weight excluding hydrogens is 380 g/mol. The highest BCUT2D eigenvalue weighted by Crippen LogP contribution is 2.23. The average Bonchev–Trinajstić information content (AvgIpc) is 3.13. The number of hydrogen-bond donors (Lipinski definition) is 1. The van der Waals surface area contributed by atoms with Crippen molar-refractivity contribution in [1.29, 1.82) is 0 Å². The topological polar surface area (TPSA) is 58.1 Å². The van der Waals surface area contributed by atoms with Gasteiger partial charge in [-0.2, -0.15) is 0 Å². The van der Waals surface area contributed by atoms with Crippen LogP contribution < -0.4 is 10.2 Å². The normalized spacial score (nSPS) is 14.7. The van der Waals surface area contributed by atoms with E-state index in [-0.39, 0.29) is 5.91 Å². The Hall–Kier alpha value is -2.99. The SMILES string of the molecule is O=C(/C=C/c1cccs1)Nc1cccc(-c2ccc(N3CCCCCC3)nn2)c1. The highest BCUT2D eigenvalue weighted by molar-refractivity contribution is 7.10. The van der Waals surface area contributed by atoms with Gasteiger partial charge in [-0.25, -0.2) is 0 Å².